The maximum Gasteiger partial charge on any atom is 0.0949 e. The van der Waals surface area contributed by atoms with E-state index in [-0.39, 0.29) is 6.10 Å². The number of ether oxygens (including phenoxy) is 1. The Balaban J connectivity index is 1.89. The summed E-state index contributed by atoms with van der Waals surface area (Å²) in [6, 6.07) is 15.1. The fourth-order valence-electron chi connectivity index (χ4n) is 2.48. The highest BCUT2D eigenvalue weighted by molar-refractivity contribution is 5.83. The molecule has 0 amide bonds. The van der Waals surface area contributed by atoms with E-state index in [9.17, 15) is 0 Å². The largest absolute Gasteiger partial charge is 0.372 e. The number of benzene rings is 2. The van der Waals surface area contributed by atoms with Crippen molar-refractivity contribution in [2.24, 2.45) is 5.92 Å². The SMILES string of the molecule is CC1CNCC(c2ccc3ccccc3c2)OC1. The Bertz CT molecular complexity index is 537. The van der Waals surface area contributed by atoms with Gasteiger partial charge in [-0.1, -0.05) is 43.3 Å². The highest BCUT2D eigenvalue weighted by Gasteiger charge is 2.17. The van der Waals surface area contributed by atoms with Crippen molar-refractivity contribution in [3.8, 4) is 0 Å². The Morgan fingerprint density at radius 2 is 1.89 bits per heavy atom. The van der Waals surface area contributed by atoms with Crippen LogP contribution in [0, 0.1) is 5.92 Å². The molecule has 0 bridgehead atoms. The molecule has 2 heteroatoms. The van der Waals surface area contributed by atoms with E-state index in [0.717, 1.165) is 19.7 Å². The first kappa shape index (κ1) is 11.7. The van der Waals surface area contributed by atoms with Crippen molar-refractivity contribution < 1.29 is 4.74 Å². The van der Waals surface area contributed by atoms with Crippen molar-refractivity contribution in [1.82, 2.24) is 5.32 Å². The molecule has 2 atom stereocenters. The molecule has 0 spiro atoms. The van der Waals surface area contributed by atoms with E-state index in [2.05, 4.69) is 54.7 Å². The van der Waals surface area contributed by atoms with Crippen molar-refractivity contribution in [1.29, 1.82) is 0 Å². The van der Waals surface area contributed by atoms with Crippen LogP contribution in [-0.4, -0.2) is 19.7 Å². The molecule has 1 N–H and O–H groups in total. The average molecular weight is 241 g/mol. The molecule has 2 unspecified atom stereocenters. The summed E-state index contributed by atoms with van der Waals surface area (Å²) in [5.41, 5.74) is 1.27. The van der Waals surface area contributed by atoms with Crippen LogP contribution >= 0.6 is 0 Å². The second kappa shape index (κ2) is 5.09. The molecule has 0 aromatic heterocycles. The number of rotatable bonds is 1. The summed E-state index contributed by atoms with van der Waals surface area (Å²) in [5.74, 6) is 0.593. The predicted molar refractivity (Wildman–Crippen MR) is 74.7 cm³/mol. The molecule has 94 valence electrons. The van der Waals surface area contributed by atoms with Crippen LogP contribution in [0.15, 0.2) is 42.5 Å². The molecule has 0 radical (unpaired) electrons. The van der Waals surface area contributed by atoms with Gasteiger partial charge in [0.25, 0.3) is 0 Å². The van der Waals surface area contributed by atoms with Crippen molar-refractivity contribution in [2.45, 2.75) is 13.0 Å². The second-order valence-electron chi connectivity index (χ2n) is 5.19. The monoisotopic (exact) mass is 241 g/mol. The number of nitrogens with one attached hydrogen (secondary N) is 1. The first-order valence-corrected chi connectivity index (χ1v) is 6.64. The zero-order valence-electron chi connectivity index (χ0n) is 10.7. The van der Waals surface area contributed by atoms with Crippen LogP contribution in [0.2, 0.25) is 0 Å². The lowest BCUT2D eigenvalue weighted by molar-refractivity contribution is 0.0516. The fourth-order valence-corrected chi connectivity index (χ4v) is 2.48. The maximum absolute atomic E-state index is 5.99. The zero-order valence-corrected chi connectivity index (χ0v) is 10.7. The van der Waals surface area contributed by atoms with Crippen LogP contribution in [0.25, 0.3) is 10.8 Å². The van der Waals surface area contributed by atoms with E-state index in [1.54, 1.807) is 0 Å². The first-order chi connectivity index (χ1) is 8.83. The molecular formula is C16H19NO. The third-order valence-corrected chi connectivity index (χ3v) is 3.55. The van der Waals surface area contributed by atoms with Gasteiger partial charge in [-0.05, 0) is 28.3 Å². The summed E-state index contributed by atoms with van der Waals surface area (Å²) in [6.45, 7) is 5.01. The van der Waals surface area contributed by atoms with E-state index in [1.165, 1.54) is 16.3 Å². The van der Waals surface area contributed by atoms with Crippen LogP contribution < -0.4 is 5.32 Å². The van der Waals surface area contributed by atoms with Crippen molar-refractivity contribution in [3.05, 3.63) is 48.0 Å². The zero-order chi connectivity index (χ0) is 12.4. The third-order valence-electron chi connectivity index (χ3n) is 3.55. The third kappa shape index (κ3) is 2.40. The van der Waals surface area contributed by atoms with Crippen LogP contribution in [0.1, 0.15) is 18.6 Å². The van der Waals surface area contributed by atoms with Gasteiger partial charge in [-0.15, -0.1) is 0 Å². The Hall–Kier alpha value is -1.38. The molecule has 0 saturated carbocycles. The van der Waals surface area contributed by atoms with E-state index < -0.39 is 0 Å². The molecule has 2 aromatic rings. The van der Waals surface area contributed by atoms with Gasteiger partial charge in [0.05, 0.1) is 12.7 Å². The molecule has 2 nitrogen and oxygen atoms in total. The Morgan fingerprint density at radius 3 is 2.78 bits per heavy atom. The van der Waals surface area contributed by atoms with Gasteiger partial charge in [-0.2, -0.15) is 0 Å². The smallest absolute Gasteiger partial charge is 0.0949 e. The van der Waals surface area contributed by atoms with Gasteiger partial charge >= 0.3 is 0 Å². The fraction of sp³-hybridized carbons (Fsp3) is 0.375. The van der Waals surface area contributed by atoms with Gasteiger partial charge in [0.2, 0.25) is 0 Å². The minimum absolute atomic E-state index is 0.180. The van der Waals surface area contributed by atoms with Gasteiger partial charge < -0.3 is 10.1 Å². The highest BCUT2D eigenvalue weighted by Crippen LogP contribution is 2.24. The predicted octanol–water partition coefficient (Wildman–Crippen LogP) is 3.14. The molecular weight excluding hydrogens is 222 g/mol. The maximum atomic E-state index is 5.99. The van der Waals surface area contributed by atoms with Crippen LogP contribution in [0.5, 0.6) is 0 Å². The molecule has 1 saturated heterocycles. The molecule has 1 fully saturated rings. The summed E-state index contributed by atoms with van der Waals surface area (Å²) in [4.78, 5) is 0. The summed E-state index contributed by atoms with van der Waals surface area (Å²) in [6.07, 6.45) is 0.180. The van der Waals surface area contributed by atoms with Crippen molar-refractivity contribution >= 4 is 10.8 Å². The van der Waals surface area contributed by atoms with Gasteiger partial charge in [-0.3, -0.25) is 0 Å². The van der Waals surface area contributed by atoms with Gasteiger partial charge in [0.15, 0.2) is 0 Å². The van der Waals surface area contributed by atoms with Crippen molar-refractivity contribution in [2.75, 3.05) is 19.7 Å². The molecule has 3 rings (SSSR count). The molecule has 2 aromatic carbocycles. The first-order valence-electron chi connectivity index (χ1n) is 6.64. The summed E-state index contributed by atoms with van der Waals surface area (Å²) in [7, 11) is 0. The van der Waals surface area contributed by atoms with E-state index >= 15 is 0 Å². The standard InChI is InChI=1S/C16H19NO/c1-12-9-17-10-16(18-11-12)15-7-6-13-4-2-3-5-14(13)8-15/h2-8,12,16-17H,9-11H2,1H3. The summed E-state index contributed by atoms with van der Waals surface area (Å²) >= 11 is 0. The van der Waals surface area contributed by atoms with Crippen molar-refractivity contribution in [3.63, 3.8) is 0 Å². The Morgan fingerprint density at radius 1 is 1.06 bits per heavy atom. The molecule has 0 aliphatic carbocycles. The van der Waals surface area contributed by atoms with Gasteiger partial charge in [0, 0.05) is 13.1 Å². The average Bonchev–Trinajstić information content (AvgIpc) is 2.63. The topological polar surface area (TPSA) is 21.3 Å². The molecule has 1 aliphatic rings. The van der Waals surface area contributed by atoms with Crippen LogP contribution in [-0.2, 0) is 4.74 Å². The Labute approximate surface area is 108 Å². The minimum Gasteiger partial charge on any atom is -0.372 e. The molecule has 18 heavy (non-hydrogen) atoms. The minimum atomic E-state index is 0.180. The molecule has 1 heterocycles. The number of hydrogen-bond acceptors (Lipinski definition) is 2. The summed E-state index contributed by atoms with van der Waals surface area (Å²) < 4.78 is 5.99. The Kier molecular flexibility index (Phi) is 3.31. The number of hydrogen-bond donors (Lipinski definition) is 1. The van der Waals surface area contributed by atoms with Crippen LogP contribution in [0.3, 0.4) is 0 Å². The van der Waals surface area contributed by atoms with E-state index in [0.29, 0.717) is 5.92 Å². The lowest BCUT2D eigenvalue weighted by Crippen LogP contribution is -2.22. The van der Waals surface area contributed by atoms with E-state index in [1.807, 2.05) is 0 Å². The lowest BCUT2D eigenvalue weighted by Gasteiger charge is -2.16. The lowest BCUT2D eigenvalue weighted by atomic mass is 10.0. The molecule has 1 aliphatic heterocycles. The highest BCUT2D eigenvalue weighted by atomic mass is 16.5. The van der Waals surface area contributed by atoms with Gasteiger partial charge in [0.1, 0.15) is 0 Å². The van der Waals surface area contributed by atoms with Crippen LogP contribution in [0.4, 0.5) is 0 Å². The summed E-state index contributed by atoms with van der Waals surface area (Å²) in [5, 5.41) is 6.04. The van der Waals surface area contributed by atoms with E-state index in [4.69, 9.17) is 4.74 Å². The quantitative estimate of drug-likeness (QED) is 0.828. The number of fused-ring (bicyclic) bond motifs is 1. The van der Waals surface area contributed by atoms with Gasteiger partial charge in [-0.25, -0.2) is 0 Å². The normalized spacial score (nSPS) is 24.9. The second-order valence-corrected chi connectivity index (χ2v) is 5.19.